The number of nitriles is 1. The maximum absolute atomic E-state index is 14.1. The summed E-state index contributed by atoms with van der Waals surface area (Å²) in [6.07, 6.45) is -1.53. The second-order valence-corrected chi connectivity index (χ2v) is 5.16. The summed E-state index contributed by atoms with van der Waals surface area (Å²) in [6.45, 7) is 1.72. The van der Waals surface area contributed by atoms with Crippen molar-refractivity contribution in [3.63, 3.8) is 0 Å². The Bertz CT molecular complexity index is 801. The largest absolute Gasteiger partial charge is 0.505 e. The standard InChI is InChI=1S/C18H16F2N2O3/c1-2-25-17(15-13(19)7-8-14(23)16(15)20)18(24)22-10-12-5-3-11(9-21)4-6-12/h3-8,17,23H,2,10H2,1H3,(H,22,24)/t17-/m0/s1. The summed E-state index contributed by atoms with van der Waals surface area (Å²) < 4.78 is 33.2. The number of phenols is 1. The summed E-state index contributed by atoms with van der Waals surface area (Å²) in [5.41, 5.74) is 0.546. The molecule has 2 rings (SSSR count). The number of amides is 1. The number of ether oxygens (including phenoxy) is 1. The van der Waals surface area contributed by atoms with Gasteiger partial charge in [-0.05, 0) is 36.8 Å². The topological polar surface area (TPSA) is 82.3 Å². The molecule has 130 valence electrons. The van der Waals surface area contributed by atoms with Gasteiger partial charge in [-0.25, -0.2) is 8.78 Å². The normalized spacial score (nSPS) is 11.6. The molecule has 0 heterocycles. The number of aromatic hydroxyl groups is 1. The molecule has 1 amide bonds. The average molecular weight is 346 g/mol. The summed E-state index contributed by atoms with van der Waals surface area (Å²) >= 11 is 0. The Kier molecular flexibility index (Phi) is 6.03. The van der Waals surface area contributed by atoms with Crippen molar-refractivity contribution < 1.29 is 23.4 Å². The summed E-state index contributed by atoms with van der Waals surface area (Å²) in [5, 5.41) is 20.7. The van der Waals surface area contributed by atoms with Crippen LogP contribution < -0.4 is 5.32 Å². The monoisotopic (exact) mass is 346 g/mol. The van der Waals surface area contributed by atoms with Crippen LogP contribution >= 0.6 is 0 Å². The summed E-state index contributed by atoms with van der Waals surface area (Å²) in [7, 11) is 0. The first kappa shape index (κ1) is 18.4. The van der Waals surface area contributed by atoms with Crippen molar-refractivity contribution in [2.24, 2.45) is 0 Å². The van der Waals surface area contributed by atoms with E-state index in [4.69, 9.17) is 10.00 Å². The molecule has 1 atom stereocenters. The molecular weight excluding hydrogens is 330 g/mol. The van der Waals surface area contributed by atoms with Crippen LogP contribution in [-0.4, -0.2) is 17.6 Å². The van der Waals surface area contributed by atoms with Crippen molar-refractivity contribution in [1.29, 1.82) is 5.26 Å². The predicted octanol–water partition coefficient (Wildman–Crippen LogP) is 2.94. The molecule has 2 aromatic carbocycles. The van der Waals surface area contributed by atoms with Crippen LogP contribution in [0.15, 0.2) is 36.4 Å². The molecule has 7 heteroatoms. The number of hydrogen-bond donors (Lipinski definition) is 2. The third-order valence-electron chi connectivity index (χ3n) is 3.49. The summed E-state index contributed by atoms with van der Waals surface area (Å²) in [4.78, 5) is 12.3. The zero-order valence-corrected chi connectivity index (χ0v) is 13.4. The minimum absolute atomic E-state index is 0.0451. The van der Waals surface area contributed by atoms with Gasteiger partial charge in [0.15, 0.2) is 17.7 Å². The van der Waals surface area contributed by atoms with Crippen LogP contribution in [0.2, 0.25) is 0 Å². The van der Waals surface area contributed by atoms with Crippen LogP contribution in [0.5, 0.6) is 5.75 Å². The lowest BCUT2D eigenvalue weighted by Gasteiger charge is -2.19. The fraction of sp³-hybridized carbons (Fsp3) is 0.222. The van der Waals surface area contributed by atoms with E-state index in [0.29, 0.717) is 11.1 Å². The van der Waals surface area contributed by atoms with Crippen molar-refractivity contribution in [2.75, 3.05) is 6.61 Å². The van der Waals surface area contributed by atoms with Gasteiger partial charge >= 0.3 is 0 Å². The van der Waals surface area contributed by atoms with Crippen LogP contribution in [0.25, 0.3) is 0 Å². The molecule has 0 aliphatic heterocycles. The Balaban J connectivity index is 2.18. The molecule has 0 aliphatic rings. The molecule has 0 fully saturated rings. The second kappa shape index (κ2) is 8.22. The van der Waals surface area contributed by atoms with E-state index >= 15 is 0 Å². The van der Waals surface area contributed by atoms with E-state index in [9.17, 15) is 18.7 Å². The third-order valence-corrected chi connectivity index (χ3v) is 3.49. The Morgan fingerprint density at radius 2 is 1.96 bits per heavy atom. The van der Waals surface area contributed by atoms with Gasteiger partial charge in [-0.3, -0.25) is 4.79 Å². The number of nitrogens with zero attached hydrogens (tertiary/aromatic N) is 1. The highest BCUT2D eigenvalue weighted by Gasteiger charge is 2.29. The minimum atomic E-state index is -1.53. The van der Waals surface area contributed by atoms with E-state index in [1.54, 1.807) is 31.2 Å². The molecule has 2 N–H and O–H groups in total. The van der Waals surface area contributed by atoms with Crippen molar-refractivity contribution >= 4 is 5.91 Å². The van der Waals surface area contributed by atoms with E-state index in [1.165, 1.54) is 0 Å². The van der Waals surface area contributed by atoms with E-state index in [2.05, 4.69) is 5.32 Å². The van der Waals surface area contributed by atoms with Gasteiger partial charge in [0.25, 0.3) is 5.91 Å². The molecule has 0 aliphatic carbocycles. The average Bonchev–Trinajstić information content (AvgIpc) is 2.62. The summed E-state index contributed by atoms with van der Waals surface area (Å²) in [6, 6.07) is 10.2. The van der Waals surface area contributed by atoms with Gasteiger partial charge in [-0.15, -0.1) is 0 Å². The molecule has 0 aromatic heterocycles. The van der Waals surface area contributed by atoms with E-state index in [1.807, 2.05) is 6.07 Å². The van der Waals surface area contributed by atoms with Gasteiger partial charge in [-0.1, -0.05) is 12.1 Å². The number of carbonyl (C=O) groups excluding carboxylic acids is 1. The van der Waals surface area contributed by atoms with Gasteiger partial charge in [0.1, 0.15) is 5.82 Å². The molecule has 0 unspecified atom stereocenters. The molecule has 0 radical (unpaired) electrons. The quantitative estimate of drug-likeness (QED) is 0.842. The van der Waals surface area contributed by atoms with Gasteiger partial charge in [0, 0.05) is 13.2 Å². The van der Waals surface area contributed by atoms with E-state index < -0.39 is 35.0 Å². The molecule has 0 bridgehead atoms. The van der Waals surface area contributed by atoms with Crippen molar-refractivity contribution in [3.8, 4) is 11.8 Å². The molecular formula is C18H16F2N2O3. The highest BCUT2D eigenvalue weighted by atomic mass is 19.1. The minimum Gasteiger partial charge on any atom is -0.505 e. The lowest BCUT2D eigenvalue weighted by Crippen LogP contribution is -2.31. The van der Waals surface area contributed by atoms with Gasteiger partial charge < -0.3 is 15.2 Å². The Morgan fingerprint density at radius 3 is 2.56 bits per heavy atom. The Morgan fingerprint density at radius 1 is 1.28 bits per heavy atom. The molecule has 5 nitrogen and oxygen atoms in total. The SMILES string of the molecule is CCO[C@H](C(=O)NCc1ccc(C#N)cc1)c1c(F)ccc(O)c1F. The lowest BCUT2D eigenvalue weighted by atomic mass is 10.1. The van der Waals surface area contributed by atoms with Crippen LogP contribution in [0.3, 0.4) is 0 Å². The number of hydrogen-bond acceptors (Lipinski definition) is 4. The zero-order valence-electron chi connectivity index (χ0n) is 13.4. The molecule has 2 aromatic rings. The van der Waals surface area contributed by atoms with E-state index in [-0.39, 0.29) is 13.2 Å². The van der Waals surface area contributed by atoms with Crippen LogP contribution in [0.4, 0.5) is 8.78 Å². The third kappa shape index (κ3) is 4.31. The zero-order chi connectivity index (χ0) is 18.4. The number of halogens is 2. The number of benzene rings is 2. The maximum atomic E-state index is 14.1. The second-order valence-electron chi connectivity index (χ2n) is 5.16. The van der Waals surface area contributed by atoms with Gasteiger partial charge in [0.05, 0.1) is 17.2 Å². The Labute approximate surface area is 143 Å². The summed E-state index contributed by atoms with van der Waals surface area (Å²) in [5.74, 6) is -3.72. The lowest BCUT2D eigenvalue weighted by molar-refractivity contribution is -0.133. The predicted molar refractivity (Wildman–Crippen MR) is 85.4 cm³/mol. The Hall–Kier alpha value is -2.98. The molecule has 0 saturated heterocycles. The van der Waals surface area contributed by atoms with Crippen LogP contribution in [-0.2, 0) is 16.1 Å². The highest BCUT2D eigenvalue weighted by molar-refractivity contribution is 5.82. The first-order valence-electron chi connectivity index (χ1n) is 7.53. The number of phenolic OH excluding ortho intramolecular Hbond substituents is 1. The van der Waals surface area contributed by atoms with Crippen LogP contribution in [0, 0.1) is 23.0 Å². The number of carbonyl (C=O) groups is 1. The molecule has 0 spiro atoms. The number of rotatable bonds is 6. The molecule has 0 saturated carbocycles. The maximum Gasteiger partial charge on any atom is 0.254 e. The number of nitrogens with one attached hydrogen (secondary N) is 1. The fourth-order valence-electron chi connectivity index (χ4n) is 2.23. The van der Waals surface area contributed by atoms with Crippen molar-refractivity contribution in [3.05, 3.63) is 64.7 Å². The first-order valence-corrected chi connectivity index (χ1v) is 7.53. The van der Waals surface area contributed by atoms with Crippen LogP contribution in [0.1, 0.15) is 29.7 Å². The first-order chi connectivity index (χ1) is 12.0. The smallest absolute Gasteiger partial charge is 0.254 e. The van der Waals surface area contributed by atoms with Gasteiger partial charge in [0.2, 0.25) is 0 Å². The molecule has 25 heavy (non-hydrogen) atoms. The van der Waals surface area contributed by atoms with Crippen molar-refractivity contribution in [2.45, 2.75) is 19.6 Å². The van der Waals surface area contributed by atoms with Crippen molar-refractivity contribution in [1.82, 2.24) is 5.32 Å². The highest BCUT2D eigenvalue weighted by Crippen LogP contribution is 2.29. The fourth-order valence-corrected chi connectivity index (χ4v) is 2.23. The van der Waals surface area contributed by atoms with E-state index in [0.717, 1.165) is 12.1 Å². The van der Waals surface area contributed by atoms with Gasteiger partial charge in [-0.2, -0.15) is 5.26 Å².